The number of aryl methyl sites for hydroxylation is 1. The Balaban J connectivity index is 2.26. The molecule has 0 amide bonds. The van der Waals surface area contributed by atoms with Gasteiger partial charge in [-0.1, -0.05) is 48.5 Å². The van der Waals surface area contributed by atoms with Crippen molar-refractivity contribution >= 4 is 11.8 Å². The van der Waals surface area contributed by atoms with E-state index in [1.54, 1.807) is 6.07 Å². The zero-order chi connectivity index (χ0) is 13.7. The molecule has 1 N–H and O–H groups in total. The average molecular weight is 275 g/mol. The fourth-order valence-corrected chi connectivity index (χ4v) is 2.80. The Kier molecular flexibility index (Phi) is 5.00. The van der Waals surface area contributed by atoms with Crippen LogP contribution in [0.5, 0.6) is 0 Å². The maximum absolute atomic E-state index is 13.7. The van der Waals surface area contributed by atoms with E-state index < -0.39 is 0 Å². The van der Waals surface area contributed by atoms with Crippen molar-refractivity contribution in [1.29, 1.82) is 0 Å². The van der Waals surface area contributed by atoms with Crippen LogP contribution in [-0.2, 0) is 6.54 Å². The molecule has 0 saturated carbocycles. The zero-order valence-electron chi connectivity index (χ0n) is 11.2. The molecule has 0 fully saturated rings. The first-order chi connectivity index (χ1) is 9.20. The van der Waals surface area contributed by atoms with E-state index in [2.05, 4.69) is 37.4 Å². The van der Waals surface area contributed by atoms with Crippen molar-refractivity contribution in [2.45, 2.75) is 30.2 Å². The second-order valence-electron chi connectivity index (χ2n) is 4.42. The van der Waals surface area contributed by atoms with E-state index in [9.17, 15) is 4.39 Å². The molecule has 0 saturated heterocycles. The monoisotopic (exact) mass is 275 g/mol. The summed E-state index contributed by atoms with van der Waals surface area (Å²) in [5.41, 5.74) is 2.45. The lowest BCUT2D eigenvalue weighted by Crippen LogP contribution is -2.12. The smallest absolute Gasteiger partial charge is 0.137 e. The predicted octanol–water partition coefficient (Wildman–Crippen LogP) is 4.39. The third-order valence-corrected chi connectivity index (χ3v) is 4.01. The molecule has 0 spiro atoms. The molecular weight excluding hydrogens is 257 g/mol. The van der Waals surface area contributed by atoms with Crippen LogP contribution in [0, 0.1) is 12.7 Å². The van der Waals surface area contributed by atoms with E-state index in [0.717, 1.165) is 18.0 Å². The van der Waals surface area contributed by atoms with Crippen LogP contribution in [-0.4, -0.2) is 6.54 Å². The van der Waals surface area contributed by atoms with Gasteiger partial charge in [0.05, 0.1) is 0 Å². The minimum atomic E-state index is -0.164. The Morgan fingerprint density at radius 2 is 1.89 bits per heavy atom. The van der Waals surface area contributed by atoms with Crippen molar-refractivity contribution in [3.8, 4) is 0 Å². The predicted molar refractivity (Wildman–Crippen MR) is 79.1 cm³/mol. The van der Waals surface area contributed by atoms with E-state index in [1.165, 1.54) is 29.0 Å². The molecule has 0 radical (unpaired) electrons. The molecule has 2 aromatic carbocycles. The molecular formula is C16H18FNS. The van der Waals surface area contributed by atoms with Crippen LogP contribution >= 0.6 is 11.8 Å². The molecule has 100 valence electrons. The molecule has 0 bridgehead atoms. The molecule has 0 aliphatic rings. The molecule has 1 nitrogen and oxygen atoms in total. The summed E-state index contributed by atoms with van der Waals surface area (Å²) in [5.74, 6) is -0.164. The van der Waals surface area contributed by atoms with Crippen LogP contribution in [0.15, 0.2) is 52.3 Å². The molecule has 0 aliphatic heterocycles. The standard InChI is InChI=1S/C16H18FNS/c1-3-18-11-13-10-12(2)8-9-15(13)19-16-7-5-4-6-14(16)17/h4-10,18H,3,11H2,1-2H3. The van der Waals surface area contributed by atoms with Gasteiger partial charge in [-0.25, -0.2) is 4.39 Å². The maximum Gasteiger partial charge on any atom is 0.137 e. The van der Waals surface area contributed by atoms with E-state index in [1.807, 2.05) is 12.1 Å². The zero-order valence-corrected chi connectivity index (χ0v) is 12.1. The first-order valence-corrected chi connectivity index (χ1v) is 7.25. The molecule has 0 aliphatic carbocycles. The van der Waals surface area contributed by atoms with Crippen LogP contribution < -0.4 is 5.32 Å². The van der Waals surface area contributed by atoms with E-state index >= 15 is 0 Å². The lowest BCUT2D eigenvalue weighted by molar-refractivity contribution is 0.602. The van der Waals surface area contributed by atoms with Gasteiger partial charge >= 0.3 is 0 Å². The maximum atomic E-state index is 13.7. The highest BCUT2D eigenvalue weighted by Crippen LogP contribution is 2.32. The van der Waals surface area contributed by atoms with Gasteiger partial charge in [0, 0.05) is 16.3 Å². The van der Waals surface area contributed by atoms with Crippen molar-refractivity contribution < 1.29 is 4.39 Å². The largest absolute Gasteiger partial charge is 0.313 e. The van der Waals surface area contributed by atoms with Gasteiger partial charge in [0.15, 0.2) is 0 Å². The second kappa shape index (κ2) is 6.73. The Labute approximate surface area is 118 Å². The summed E-state index contributed by atoms with van der Waals surface area (Å²) in [6.07, 6.45) is 0. The SMILES string of the molecule is CCNCc1cc(C)ccc1Sc1ccccc1F. The Morgan fingerprint density at radius 3 is 2.63 bits per heavy atom. The number of hydrogen-bond donors (Lipinski definition) is 1. The topological polar surface area (TPSA) is 12.0 Å². The summed E-state index contributed by atoms with van der Waals surface area (Å²) >= 11 is 1.48. The Bertz CT molecular complexity index is 554. The number of hydrogen-bond acceptors (Lipinski definition) is 2. The van der Waals surface area contributed by atoms with Gasteiger partial charge in [-0.3, -0.25) is 0 Å². The Morgan fingerprint density at radius 1 is 1.11 bits per heavy atom. The third kappa shape index (κ3) is 3.82. The highest BCUT2D eigenvalue weighted by Gasteiger charge is 2.07. The van der Waals surface area contributed by atoms with E-state index in [-0.39, 0.29) is 5.82 Å². The van der Waals surface area contributed by atoms with E-state index in [0.29, 0.717) is 4.90 Å². The lowest BCUT2D eigenvalue weighted by atomic mass is 10.1. The van der Waals surface area contributed by atoms with Gasteiger partial charge in [0.2, 0.25) is 0 Å². The first kappa shape index (κ1) is 14.1. The summed E-state index contributed by atoms with van der Waals surface area (Å²) < 4.78 is 13.7. The third-order valence-electron chi connectivity index (χ3n) is 2.84. The number of halogens is 1. The summed E-state index contributed by atoms with van der Waals surface area (Å²) in [4.78, 5) is 1.78. The molecule has 0 aromatic heterocycles. The first-order valence-electron chi connectivity index (χ1n) is 6.43. The highest BCUT2D eigenvalue weighted by molar-refractivity contribution is 7.99. The summed E-state index contributed by atoms with van der Waals surface area (Å²) in [7, 11) is 0. The molecule has 2 aromatic rings. The quantitative estimate of drug-likeness (QED) is 0.868. The second-order valence-corrected chi connectivity index (χ2v) is 5.51. The van der Waals surface area contributed by atoms with E-state index in [4.69, 9.17) is 0 Å². The highest BCUT2D eigenvalue weighted by atomic mass is 32.2. The van der Waals surface area contributed by atoms with Crippen LogP contribution in [0.1, 0.15) is 18.1 Å². The van der Waals surface area contributed by atoms with Crippen LogP contribution in [0.2, 0.25) is 0 Å². The summed E-state index contributed by atoms with van der Waals surface area (Å²) in [6, 6.07) is 13.2. The van der Waals surface area contributed by atoms with Crippen molar-refractivity contribution in [2.75, 3.05) is 6.54 Å². The van der Waals surface area contributed by atoms with Crippen molar-refractivity contribution in [3.63, 3.8) is 0 Å². The van der Waals surface area contributed by atoms with Gasteiger partial charge in [0.1, 0.15) is 5.82 Å². The normalized spacial score (nSPS) is 10.7. The number of rotatable bonds is 5. The fraction of sp³-hybridized carbons (Fsp3) is 0.250. The molecule has 2 rings (SSSR count). The van der Waals surface area contributed by atoms with Crippen LogP contribution in [0.4, 0.5) is 4.39 Å². The lowest BCUT2D eigenvalue weighted by Gasteiger charge is -2.11. The average Bonchev–Trinajstić information content (AvgIpc) is 2.41. The summed E-state index contributed by atoms with van der Waals surface area (Å²) in [6.45, 7) is 5.90. The molecule has 3 heteroatoms. The molecule has 0 unspecified atom stereocenters. The van der Waals surface area contributed by atoms with Gasteiger partial charge in [-0.05, 0) is 37.2 Å². The minimum Gasteiger partial charge on any atom is -0.313 e. The van der Waals surface area contributed by atoms with Crippen molar-refractivity contribution in [1.82, 2.24) is 5.32 Å². The Hall–Kier alpha value is -1.32. The van der Waals surface area contributed by atoms with Crippen LogP contribution in [0.3, 0.4) is 0 Å². The number of nitrogens with one attached hydrogen (secondary N) is 1. The van der Waals surface area contributed by atoms with Crippen molar-refractivity contribution in [2.24, 2.45) is 0 Å². The molecule has 0 atom stereocenters. The van der Waals surface area contributed by atoms with Gasteiger partial charge in [-0.15, -0.1) is 0 Å². The molecule has 0 heterocycles. The van der Waals surface area contributed by atoms with Gasteiger partial charge in [0.25, 0.3) is 0 Å². The van der Waals surface area contributed by atoms with Gasteiger partial charge in [-0.2, -0.15) is 0 Å². The van der Waals surface area contributed by atoms with Crippen LogP contribution in [0.25, 0.3) is 0 Å². The minimum absolute atomic E-state index is 0.164. The summed E-state index contributed by atoms with van der Waals surface area (Å²) in [5, 5.41) is 3.33. The number of benzene rings is 2. The van der Waals surface area contributed by atoms with Crippen molar-refractivity contribution in [3.05, 3.63) is 59.4 Å². The molecule has 19 heavy (non-hydrogen) atoms. The van der Waals surface area contributed by atoms with Gasteiger partial charge < -0.3 is 5.32 Å². The fourth-order valence-electron chi connectivity index (χ4n) is 1.85.